The normalized spacial score (nSPS) is 14.8. The highest BCUT2D eigenvalue weighted by Crippen LogP contribution is 2.34. The quantitative estimate of drug-likeness (QED) is 0.257. The fourth-order valence-corrected chi connectivity index (χ4v) is 5.92. The van der Waals surface area contributed by atoms with E-state index < -0.39 is 0 Å². The first kappa shape index (κ1) is 26.8. The lowest BCUT2D eigenvalue weighted by Crippen LogP contribution is -2.33. The number of H-pyrrole nitrogens is 1. The Kier molecular flexibility index (Phi) is 7.82. The zero-order valence-electron chi connectivity index (χ0n) is 23.6. The Balaban J connectivity index is 1.20. The maximum absolute atomic E-state index is 12.9. The van der Waals surface area contributed by atoms with E-state index in [1.54, 1.807) is 0 Å². The van der Waals surface area contributed by atoms with Gasteiger partial charge in [-0.1, -0.05) is 42.5 Å². The van der Waals surface area contributed by atoms with Crippen molar-refractivity contribution >= 4 is 16.9 Å². The molecule has 0 aliphatic heterocycles. The predicted octanol–water partition coefficient (Wildman–Crippen LogP) is 5.42. The van der Waals surface area contributed by atoms with Gasteiger partial charge in [0.15, 0.2) is 0 Å². The van der Waals surface area contributed by atoms with Crippen LogP contribution in [0.25, 0.3) is 11.0 Å². The van der Waals surface area contributed by atoms with Gasteiger partial charge in [0.1, 0.15) is 12.2 Å². The maximum Gasteiger partial charge on any atom is 0.255 e. The van der Waals surface area contributed by atoms with E-state index in [1.165, 1.54) is 23.1 Å². The third-order valence-electron chi connectivity index (χ3n) is 7.96. The van der Waals surface area contributed by atoms with Gasteiger partial charge in [-0.25, -0.2) is 15.0 Å². The molecule has 1 unspecified atom stereocenters. The van der Waals surface area contributed by atoms with Crippen LogP contribution in [0.3, 0.4) is 0 Å². The van der Waals surface area contributed by atoms with E-state index in [4.69, 9.17) is 9.97 Å². The summed E-state index contributed by atoms with van der Waals surface area (Å²) in [6.07, 6.45) is 7.54. The smallest absolute Gasteiger partial charge is 0.255 e. The first-order valence-corrected chi connectivity index (χ1v) is 14.3. The summed E-state index contributed by atoms with van der Waals surface area (Å²) in [6, 6.07) is 21.2. The summed E-state index contributed by atoms with van der Waals surface area (Å²) in [5.41, 5.74) is 8.80. The Labute approximate surface area is 240 Å². The molecule has 1 aliphatic rings. The van der Waals surface area contributed by atoms with E-state index in [0.717, 1.165) is 61.2 Å². The first-order valence-electron chi connectivity index (χ1n) is 14.3. The van der Waals surface area contributed by atoms with Crippen LogP contribution in [0.5, 0.6) is 0 Å². The Morgan fingerprint density at radius 3 is 2.68 bits per heavy atom. The van der Waals surface area contributed by atoms with Crippen molar-refractivity contribution in [1.29, 1.82) is 0 Å². The molecule has 3 aromatic heterocycles. The van der Waals surface area contributed by atoms with Crippen molar-refractivity contribution in [2.24, 2.45) is 0 Å². The maximum atomic E-state index is 12.9. The molecule has 2 N–H and O–H groups in total. The molecule has 8 heteroatoms. The molecule has 0 spiro atoms. The molecule has 0 fully saturated rings. The number of para-hydroxylation sites is 2. The second kappa shape index (κ2) is 12.0. The second-order valence-electron chi connectivity index (χ2n) is 10.8. The Hall–Kier alpha value is -4.43. The van der Waals surface area contributed by atoms with Crippen LogP contribution >= 0.6 is 0 Å². The van der Waals surface area contributed by atoms with Crippen molar-refractivity contribution < 1.29 is 4.79 Å². The number of amides is 1. The molecule has 3 heterocycles. The Morgan fingerprint density at radius 1 is 1.00 bits per heavy atom. The number of imidazole rings is 1. The molecular formula is C33H35N7O. The van der Waals surface area contributed by atoms with Crippen LogP contribution in [0.1, 0.15) is 68.8 Å². The van der Waals surface area contributed by atoms with Crippen molar-refractivity contribution in [3.05, 3.63) is 118 Å². The monoisotopic (exact) mass is 545 g/mol. The second-order valence-corrected chi connectivity index (χ2v) is 10.8. The molecule has 1 atom stereocenters. The van der Waals surface area contributed by atoms with Crippen LogP contribution in [0.15, 0.2) is 73.2 Å². The molecule has 0 saturated heterocycles. The fourth-order valence-electron chi connectivity index (χ4n) is 5.92. The Morgan fingerprint density at radius 2 is 1.83 bits per heavy atom. The SMILES string of the molecule is Cc1ncnc(C)c1C(=O)NCc1cccc(CN(CCc2nc3ccccc3[nH]2)C2CCCc3cccnc32)c1. The number of benzene rings is 2. The molecule has 8 nitrogen and oxygen atoms in total. The molecule has 1 aliphatic carbocycles. The molecule has 208 valence electrons. The number of aromatic amines is 1. The average molecular weight is 546 g/mol. The lowest BCUT2D eigenvalue weighted by atomic mass is 9.90. The topological polar surface area (TPSA) is 99.7 Å². The van der Waals surface area contributed by atoms with Crippen LogP contribution in [-0.4, -0.2) is 42.3 Å². The number of pyridine rings is 1. The third-order valence-corrected chi connectivity index (χ3v) is 7.96. The van der Waals surface area contributed by atoms with E-state index >= 15 is 0 Å². The van der Waals surface area contributed by atoms with E-state index in [9.17, 15) is 4.79 Å². The minimum atomic E-state index is -0.150. The van der Waals surface area contributed by atoms with E-state index in [2.05, 4.69) is 61.6 Å². The summed E-state index contributed by atoms with van der Waals surface area (Å²) < 4.78 is 0. The summed E-state index contributed by atoms with van der Waals surface area (Å²) in [4.78, 5) is 37.0. The summed E-state index contributed by atoms with van der Waals surface area (Å²) >= 11 is 0. The number of rotatable bonds is 9. The molecule has 0 bridgehead atoms. The Bertz CT molecular complexity index is 1620. The van der Waals surface area contributed by atoms with Crippen LogP contribution < -0.4 is 5.32 Å². The van der Waals surface area contributed by atoms with Crippen LogP contribution in [0.2, 0.25) is 0 Å². The van der Waals surface area contributed by atoms with Crippen LogP contribution in [0, 0.1) is 13.8 Å². The van der Waals surface area contributed by atoms with Crippen molar-refractivity contribution in [1.82, 2.24) is 35.1 Å². The van der Waals surface area contributed by atoms with Crippen molar-refractivity contribution in [3.63, 3.8) is 0 Å². The molecule has 1 amide bonds. The minimum absolute atomic E-state index is 0.150. The average Bonchev–Trinajstić information content (AvgIpc) is 3.41. The fraction of sp³-hybridized carbons (Fsp3) is 0.303. The van der Waals surface area contributed by atoms with E-state index in [-0.39, 0.29) is 11.9 Å². The number of carbonyl (C=O) groups excluding carboxylic acids is 1. The molecule has 0 saturated carbocycles. The summed E-state index contributed by atoms with van der Waals surface area (Å²) in [5.74, 6) is 0.851. The van der Waals surface area contributed by atoms with Gasteiger partial charge in [0.05, 0.1) is 39.7 Å². The van der Waals surface area contributed by atoms with Gasteiger partial charge >= 0.3 is 0 Å². The van der Waals surface area contributed by atoms with E-state index in [0.29, 0.717) is 23.5 Å². The van der Waals surface area contributed by atoms with E-state index in [1.807, 2.05) is 44.3 Å². The standard InChI is InChI=1S/C33H35N7O/c1-22-31(23(2)37-21-36-22)33(41)35-19-24-8-5-9-25(18-24)20-40(29-14-6-10-26-11-7-16-34-32(26)29)17-15-30-38-27-12-3-4-13-28(27)39-30/h3-5,7-9,11-13,16,18,21,29H,6,10,14-15,17,19-20H2,1-2H3,(H,35,41)(H,38,39). The highest BCUT2D eigenvalue weighted by molar-refractivity contribution is 5.96. The molecule has 0 radical (unpaired) electrons. The molecule has 2 aromatic carbocycles. The number of carbonyl (C=O) groups is 1. The van der Waals surface area contributed by atoms with Gasteiger partial charge in [0.25, 0.3) is 5.91 Å². The van der Waals surface area contributed by atoms with Gasteiger partial charge in [0.2, 0.25) is 0 Å². The molecule has 5 aromatic rings. The number of nitrogens with one attached hydrogen (secondary N) is 2. The number of hydrogen-bond donors (Lipinski definition) is 2. The van der Waals surface area contributed by atoms with Crippen molar-refractivity contribution in [2.45, 2.75) is 58.7 Å². The van der Waals surface area contributed by atoms with Gasteiger partial charge in [0, 0.05) is 32.3 Å². The third kappa shape index (κ3) is 6.02. The lowest BCUT2D eigenvalue weighted by molar-refractivity contribution is 0.0948. The van der Waals surface area contributed by atoms with Gasteiger partial charge in [-0.2, -0.15) is 0 Å². The van der Waals surface area contributed by atoms with Crippen LogP contribution in [-0.2, 0) is 25.9 Å². The van der Waals surface area contributed by atoms with Crippen LogP contribution in [0.4, 0.5) is 0 Å². The molecule has 41 heavy (non-hydrogen) atoms. The number of fused-ring (bicyclic) bond motifs is 2. The predicted molar refractivity (Wildman–Crippen MR) is 159 cm³/mol. The van der Waals surface area contributed by atoms with Crippen molar-refractivity contribution in [3.8, 4) is 0 Å². The number of aromatic nitrogens is 5. The highest BCUT2D eigenvalue weighted by Gasteiger charge is 2.27. The summed E-state index contributed by atoms with van der Waals surface area (Å²) in [7, 11) is 0. The highest BCUT2D eigenvalue weighted by atomic mass is 16.1. The zero-order chi connectivity index (χ0) is 28.2. The number of hydrogen-bond acceptors (Lipinski definition) is 6. The molecule has 6 rings (SSSR count). The minimum Gasteiger partial charge on any atom is -0.348 e. The molecular weight excluding hydrogens is 510 g/mol. The number of aryl methyl sites for hydroxylation is 3. The summed E-state index contributed by atoms with van der Waals surface area (Å²) in [6.45, 7) is 5.75. The van der Waals surface area contributed by atoms with Crippen molar-refractivity contribution in [2.75, 3.05) is 6.54 Å². The number of nitrogens with zero attached hydrogens (tertiary/aromatic N) is 5. The lowest BCUT2D eigenvalue weighted by Gasteiger charge is -2.35. The largest absolute Gasteiger partial charge is 0.348 e. The summed E-state index contributed by atoms with van der Waals surface area (Å²) in [5, 5.41) is 3.06. The van der Waals surface area contributed by atoms with Gasteiger partial charge in [-0.05, 0) is 68.0 Å². The zero-order valence-corrected chi connectivity index (χ0v) is 23.6. The van der Waals surface area contributed by atoms with Gasteiger partial charge < -0.3 is 10.3 Å². The van der Waals surface area contributed by atoms with Gasteiger partial charge in [-0.3, -0.25) is 14.7 Å². The van der Waals surface area contributed by atoms with Gasteiger partial charge in [-0.15, -0.1) is 0 Å². The first-order chi connectivity index (χ1) is 20.0.